The predicted molar refractivity (Wildman–Crippen MR) is 152 cm³/mol. The van der Waals surface area contributed by atoms with E-state index in [0.29, 0.717) is 48.5 Å². The van der Waals surface area contributed by atoms with Crippen molar-refractivity contribution in [1.29, 1.82) is 0 Å². The molecule has 200 valence electrons. The number of aromatic nitrogens is 1. The van der Waals surface area contributed by atoms with Crippen molar-refractivity contribution < 1.29 is 18.7 Å². The van der Waals surface area contributed by atoms with Gasteiger partial charge in [0.2, 0.25) is 0 Å². The molecule has 9 heteroatoms. The van der Waals surface area contributed by atoms with E-state index in [1.54, 1.807) is 42.7 Å². The number of carbonyl (C=O) groups excluding carboxylic acids is 1. The van der Waals surface area contributed by atoms with E-state index in [9.17, 15) is 9.59 Å². The number of furan rings is 1. The van der Waals surface area contributed by atoms with E-state index in [0.717, 1.165) is 5.56 Å². The largest absolute Gasteiger partial charge is 0.491 e. The standard InChI is InChI=1S/C30H27ClN2O5S/c1-5-36-29(35)26-18(4)32-30-33(27(26)22-8-6-7-9-24(22)37-17(2)3)28(34)25(39-30)16-21-14-15-23(38-21)19-10-12-20(31)13-11-19/h6-17,27H,5H2,1-4H3/b25-16+/t27-/m1/s1. The van der Waals surface area contributed by atoms with E-state index >= 15 is 0 Å². The number of benzene rings is 2. The SMILES string of the molecule is CCOC(=O)C1=C(C)N=c2s/c(=C/c3ccc(-c4ccc(Cl)cc4)o3)c(=O)n2[C@@H]1c1ccccc1OC(C)C. The molecule has 0 radical (unpaired) electrons. The van der Waals surface area contributed by atoms with Gasteiger partial charge < -0.3 is 13.9 Å². The maximum atomic E-state index is 13.9. The average Bonchev–Trinajstić information content (AvgIpc) is 3.48. The third-order valence-electron chi connectivity index (χ3n) is 6.12. The Morgan fingerprint density at radius 1 is 1.15 bits per heavy atom. The molecule has 0 bridgehead atoms. The van der Waals surface area contributed by atoms with Crippen LogP contribution in [0.25, 0.3) is 17.4 Å². The van der Waals surface area contributed by atoms with Crippen molar-refractivity contribution in [3.05, 3.63) is 108 Å². The summed E-state index contributed by atoms with van der Waals surface area (Å²) in [5.41, 5.74) is 2.06. The second kappa shape index (κ2) is 11.1. The van der Waals surface area contributed by atoms with Gasteiger partial charge in [0.25, 0.3) is 5.56 Å². The molecule has 0 aliphatic carbocycles. The van der Waals surface area contributed by atoms with Gasteiger partial charge in [0.15, 0.2) is 4.80 Å². The summed E-state index contributed by atoms with van der Waals surface area (Å²) in [5.74, 6) is 1.24. The number of thiazole rings is 1. The summed E-state index contributed by atoms with van der Waals surface area (Å²) in [4.78, 5) is 32.2. The quantitative estimate of drug-likeness (QED) is 0.278. The number of fused-ring (bicyclic) bond motifs is 1. The van der Waals surface area contributed by atoms with E-state index in [4.69, 9.17) is 25.5 Å². The summed E-state index contributed by atoms with van der Waals surface area (Å²) in [6.45, 7) is 7.56. The lowest BCUT2D eigenvalue weighted by molar-refractivity contribution is -0.139. The minimum Gasteiger partial charge on any atom is -0.491 e. The van der Waals surface area contributed by atoms with Crippen LogP contribution in [-0.2, 0) is 9.53 Å². The summed E-state index contributed by atoms with van der Waals surface area (Å²) in [7, 11) is 0. The molecule has 1 aliphatic heterocycles. The molecule has 0 fully saturated rings. The predicted octanol–water partition coefficient (Wildman–Crippen LogP) is 5.50. The molecule has 0 amide bonds. The van der Waals surface area contributed by atoms with Gasteiger partial charge in [0.1, 0.15) is 23.3 Å². The highest BCUT2D eigenvalue weighted by Crippen LogP contribution is 2.36. The number of carbonyl (C=O) groups is 1. The summed E-state index contributed by atoms with van der Waals surface area (Å²) in [6, 6.07) is 17.6. The molecular weight excluding hydrogens is 536 g/mol. The number of rotatable bonds is 7. The van der Waals surface area contributed by atoms with E-state index in [1.807, 2.05) is 56.3 Å². The van der Waals surface area contributed by atoms with Crippen LogP contribution in [0.1, 0.15) is 45.1 Å². The molecule has 5 rings (SSSR count). The second-order valence-electron chi connectivity index (χ2n) is 9.22. The Balaban J connectivity index is 1.66. The number of ether oxygens (including phenoxy) is 2. The average molecular weight is 563 g/mol. The number of esters is 1. The molecule has 39 heavy (non-hydrogen) atoms. The lowest BCUT2D eigenvalue weighted by Crippen LogP contribution is -2.40. The zero-order chi connectivity index (χ0) is 27.7. The van der Waals surface area contributed by atoms with Gasteiger partial charge in [-0.05, 0) is 70.2 Å². The third-order valence-corrected chi connectivity index (χ3v) is 7.36. The maximum Gasteiger partial charge on any atom is 0.338 e. The second-order valence-corrected chi connectivity index (χ2v) is 10.7. The highest BCUT2D eigenvalue weighted by molar-refractivity contribution is 7.07. The Morgan fingerprint density at radius 2 is 1.90 bits per heavy atom. The Hall–Kier alpha value is -3.88. The fourth-order valence-corrected chi connectivity index (χ4v) is 5.64. The lowest BCUT2D eigenvalue weighted by atomic mass is 9.95. The number of nitrogens with zero attached hydrogens (tertiary/aromatic N) is 2. The van der Waals surface area contributed by atoms with Gasteiger partial charge in [-0.2, -0.15) is 0 Å². The van der Waals surface area contributed by atoms with Crippen molar-refractivity contribution in [2.45, 2.75) is 39.8 Å². The van der Waals surface area contributed by atoms with Gasteiger partial charge in [-0.3, -0.25) is 9.36 Å². The zero-order valence-electron chi connectivity index (χ0n) is 21.9. The number of para-hydroxylation sites is 1. The van der Waals surface area contributed by atoms with E-state index in [1.165, 1.54) is 11.3 Å². The molecule has 2 aromatic heterocycles. The highest BCUT2D eigenvalue weighted by Gasteiger charge is 2.35. The molecule has 3 heterocycles. The monoisotopic (exact) mass is 562 g/mol. The first-order valence-corrected chi connectivity index (χ1v) is 13.8. The molecule has 4 aromatic rings. The summed E-state index contributed by atoms with van der Waals surface area (Å²) < 4.78 is 19.5. The van der Waals surface area contributed by atoms with Crippen molar-refractivity contribution in [3.63, 3.8) is 0 Å². The Morgan fingerprint density at radius 3 is 2.62 bits per heavy atom. The Bertz CT molecular complexity index is 1740. The van der Waals surface area contributed by atoms with Crippen LogP contribution in [-0.4, -0.2) is 23.2 Å². The summed E-state index contributed by atoms with van der Waals surface area (Å²) in [5, 5.41) is 0.638. The van der Waals surface area contributed by atoms with Gasteiger partial charge in [0, 0.05) is 22.2 Å². The van der Waals surface area contributed by atoms with Crippen molar-refractivity contribution in [1.82, 2.24) is 4.57 Å². The van der Waals surface area contributed by atoms with E-state index in [2.05, 4.69) is 4.99 Å². The van der Waals surface area contributed by atoms with Crippen LogP contribution >= 0.6 is 22.9 Å². The Kier molecular flexibility index (Phi) is 7.59. The van der Waals surface area contributed by atoms with Crippen LogP contribution in [0.4, 0.5) is 0 Å². The molecule has 0 unspecified atom stereocenters. The van der Waals surface area contributed by atoms with Gasteiger partial charge in [0.05, 0.1) is 28.5 Å². The fraction of sp³-hybridized carbons (Fsp3) is 0.233. The van der Waals surface area contributed by atoms with E-state index < -0.39 is 12.0 Å². The van der Waals surface area contributed by atoms with Gasteiger partial charge >= 0.3 is 5.97 Å². The maximum absolute atomic E-state index is 13.9. The Labute approximate surface area is 234 Å². The molecule has 0 saturated carbocycles. The minimum absolute atomic E-state index is 0.105. The van der Waals surface area contributed by atoms with Gasteiger partial charge in [-0.25, -0.2) is 9.79 Å². The van der Waals surface area contributed by atoms with Crippen molar-refractivity contribution in [2.75, 3.05) is 6.61 Å². The first-order valence-electron chi connectivity index (χ1n) is 12.6. The van der Waals surface area contributed by atoms with Crippen LogP contribution in [0.3, 0.4) is 0 Å². The van der Waals surface area contributed by atoms with Crippen LogP contribution in [0.2, 0.25) is 5.02 Å². The highest BCUT2D eigenvalue weighted by atomic mass is 35.5. The van der Waals surface area contributed by atoms with Gasteiger partial charge in [-0.15, -0.1) is 0 Å². The molecule has 0 N–H and O–H groups in total. The lowest BCUT2D eigenvalue weighted by Gasteiger charge is -2.26. The number of hydrogen-bond donors (Lipinski definition) is 0. The number of halogens is 1. The van der Waals surface area contributed by atoms with Crippen LogP contribution in [0, 0.1) is 0 Å². The van der Waals surface area contributed by atoms with Crippen LogP contribution < -0.4 is 19.6 Å². The van der Waals surface area contributed by atoms with Crippen molar-refractivity contribution >= 4 is 35.0 Å². The molecule has 1 atom stereocenters. The normalized spacial score (nSPS) is 15.3. The topological polar surface area (TPSA) is 83.0 Å². The minimum atomic E-state index is -0.765. The van der Waals surface area contributed by atoms with Gasteiger partial charge in [-0.1, -0.05) is 41.1 Å². The summed E-state index contributed by atoms with van der Waals surface area (Å²) >= 11 is 7.24. The summed E-state index contributed by atoms with van der Waals surface area (Å²) in [6.07, 6.45) is 1.59. The van der Waals surface area contributed by atoms with E-state index in [-0.39, 0.29) is 18.3 Å². The van der Waals surface area contributed by atoms with Crippen LogP contribution in [0.15, 0.2) is 86.1 Å². The zero-order valence-corrected chi connectivity index (χ0v) is 23.5. The smallest absolute Gasteiger partial charge is 0.338 e. The first-order chi connectivity index (χ1) is 18.8. The number of allylic oxidation sites excluding steroid dienone is 1. The molecule has 1 aliphatic rings. The first kappa shape index (κ1) is 26.7. The van der Waals surface area contributed by atoms with Crippen molar-refractivity contribution in [2.24, 2.45) is 4.99 Å². The fourth-order valence-electron chi connectivity index (χ4n) is 4.48. The molecule has 0 saturated heterocycles. The number of hydrogen-bond acceptors (Lipinski definition) is 7. The van der Waals surface area contributed by atoms with Crippen molar-refractivity contribution in [3.8, 4) is 17.1 Å². The molecular formula is C30H27ClN2O5S. The molecule has 7 nitrogen and oxygen atoms in total. The van der Waals surface area contributed by atoms with Crippen LogP contribution in [0.5, 0.6) is 5.75 Å². The molecule has 0 spiro atoms. The molecule has 2 aromatic carbocycles. The third kappa shape index (κ3) is 5.35.